The molecule has 1 fully saturated rings. The lowest BCUT2D eigenvalue weighted by Gasteiger charge is -2.43. The number of rotatable bonds is 24. The van der Waals surface area contributed by atoms with Gasteiger partial charge in [0.2, 0.25) is 0 Å². The predicted molar refractivity (Wildman–Crippen MR) is 356 cm³/mol. The second-order valence-electron chi connectivity index (χ2n) is 23.4. The van der Waals surface area contributed by atoms with E-state index in [-0.39, 0.29) is 24.4 Å². The monoisotopic (exact) mass is 1210 g/mol. The summed E-state index contributed by atoms with van der Waals surface area (Å²) in [5, 5.41) is 5.69. The Kier molecular flexibility index (Phi) is 18.0. The molecule has 0 spiro atoms. The quantitative estimate of drug-likeness (QED) is 0.0457. The van der Waals surface area contributed by atoms with Crippen LogP contribution in [-0.4, -0.2) is 69.0 Å². The van der Waals surface area contributed by atoms with E-state index in [1.54, 1.807) is 41.1 Å². The summed E-state index contributed by atoms with van der Waals surface area (Å²) in [7, 11) is 3.56. The Labute approximate surface area is 528 Å². The zero-order valence-electron chi connectivity index (χ0n) is 51.8. The molecule has 0 aliphatic carbocycles. The lowest BCUT2D eigenvalue weighted by Crippen LogP contribution is -2.68. The second-order valence-corrected chi connectivity index (χ2v) is 27.6. The van der Waals surface area contributed by atoms with Gasteiger partial charge in [0.25, 0.3) is 0 Å². The average molecular weight is 1210 g/mol. The second kappa shape index (κ2) is 26.6. The molecule has 11 aromatic rings. The van der Waals surface area contributed by atoms with Crippen LogP contribution in [0.2, 0.25) is 5.04 Å². The predicted octanol–water partition coefficient (Wildman–Crippen LogP) is 14.4. The van der Waals surface area contributed by atoms with Gasteiger partial charge in [-0.05, 0) is 133 Å². The normalized spacial score (nSPS) is 14.5. The summed E-state index contributed by atoms with van der Waals surface area (Å²) < 4.78 is 54.0. The van der Waals surface area contributed by atoms with Crippen LogP contribution >= 0.6 is 0 Å². The Balaban J connectivity index is 0.871. The van der Waals surface area contributed by atoms with Crippen molar-refractivity contribution >= 4 is 35.7 Å². The van der Waals surface area contributed by atoms with Gasteiger partial charge in [-0.3, -0.25) is 4.57 Å². The molecule has 0 bridgehead atoms. The molecule has 1 saturated heterocycles. The molecule has 0 saturated carbocycles. The van der Waals surface area contributed by atoms with Crippen LogP contribution in [0.1, 0.15) is 77.9 Å². The summed E-state index contributed by atoms with van der Waals surface area (Å²) in [6.45, 7) is 7.68. The highest BCUT2D eigenvalue weighted by Gasteiger charge is 2.52. The van der Waals surface area contributed by atoms with E-state index in [2.05, 4.69) is 184 Å². The lowest BCUT2D eigenvalue weighted by molar-refractivity contribution is -0.0702. The highest BCUT2D eigenvalue weighted by Crippen LogP contribution is 2.46. The van der Waals surface area contributed by atoms with Gasteiger partial charge >= 0.3 is 8.32 Å². The Hall–Kier alpha value is -9.57. The molecule has 1 aliphatic heterocycles. The smallest absolute Gasteiger partial charge is 0.319 e. The standard InChI is InChI=1S/C76H74N5O8Si/c1-74(2,3)90(68-24-16-10-17-25-68,69-26-18-11-19-27-69)89-67-47-54(46-55(48-67)50-86-75(56-20-12-8-13-21-56,58-28-36-62(82-4)37-29-58)59-30-38-63(83-5)39-31-59)49-77-72-71-73(79-52-78-72)81(53-80-71)70-45-44-66(88-70)51-87-76(57-22-14-9-15-23-57,60-32-40-64(84-6)41-33-60)61-34-42-65(85-7)43-35-61/h8-44,46-48,52-53,66,70H,45,49-51H2,1-7H3,(H,77,78,79)/t66-,70-/m1/s1. The van der Waals surface area contributed by atoms with Gasteiger partial charge in [-0.2, -0.15) is 0 Å². The molecule has 13 nitrogen and oxygen atoms in total. The molecule has 1 radical (unpaired) electrons. The van der Waals surface area contributed by atoms with Gasteiger partial charge in [0.05, 0.1) is 54.1 Å². The number of anilines is 1. The van der Waals surface area contributed by atoms with Gasteiger partial charge < -0.3 is 42.9 Å². The molecule has 90 heavy (non-hydrogen) atoms. The first-order valence-electron chi connectivity index (χ1n) is 30.3. The summed E-state index contributed by atoms with van der Waals surface area (Å²) in [6, 6.07) is 80.8. The number of nitrogens with one attached hydrogen (secondary N) is 1. The maximum absolute atomic E-state index is 7.82. The summed E-state index contributed by atoms with van der Waals surface area (Å²) >= 11 is 0. The van der Waals surface area contributed by atoms with Crippen molar-refractivity contribution < 1.29 is 37.6 Å². The maximum Gasteiger partial charge on any atom is 0.319 e. The zero-order valence-corrected chi connectivity index (χ0v) is 52.8. The van der Waals surface area contributed by atoms with Crippen LogP contribution in [0.25, 0.3) is 11.2 Å². The minimum absolute atomic E-state index is 0.195. The number of imidazole rings is 1. The summed E-state index contributed by atoms with van der Waals surface area (Å²) in [5.41, 5.74) is 6.67. The summed E-state index contributed by atoms with van der Waals surface area (Å²) in [5.74, 6) is 4.28. The number of hydrogen-bond donors (Lipinski definition) is 1. The van der Waals surface area contributed by atoms with Gasteiger partial charge in [-0.25, -0.2) is 15.0 Å². The SMILES string of the molecule is COc1ccc(C(OCc2cc(CNc3ncnc4c3ncn4[C@H]3C[CH][C@H](COC(c4ccccc4)(c4ccc(OC)cc4)c4ccc(OC)cc4)O3)cc(O[Si](c3ccccc3)(c3ccccc3)C(C)(C)C)c2)(c2ccccc2)c2ccc(OC)cc2)cc1. The van der Waals surface area contributed by atoms with Crippen LogP contribution in [0.3, 0.4) is 0 Å². The average Bonchev–Trinajstić information content (AvgIpc) is 0.990. The number of aromatic nitrogens is 4. The number of methoxy groups -OCH3 is 4. The van der Waals surface area contributed by atoms with E-state index >= 15 is 0 Å². The number of ether oxygens (including phenoxy) is 7. The highest BCUT2D eigenvalue weighted by atomic mass is 28.4. The van der Waals surface area contributed by atoms with Crippen LogP contribution < -0.4 is 39.1 Å². The van der Waals surface area contributed by atoms with Gasteiger partial charge in [0.15, 0.2) is 17.0 Å². The Bertz CT molecular complexity index is 3980. The van der Waals surface area contributed by atoms with E-state index in [4.69, 9.17) is 52.5 Å². The van der Waals surface area contributed by atoms with Gasteiger partial charge in [-0.15, -0.1) is 0 Å². The number of fused-ring (bicyclic) bond motifs is 1. The lowest BCUT2D eigenvalue weighted by atomic mass is 9.80. The van der Waals surface area contributed by atoms with E-state index in [0.717, 1.165) is 83.6 Å². The van der Waals surface area contributed by atoms with Crippen molar-refractivity contribution in [3.63, 3.8) is 0 Å². The highest BCUT2D eigenvalue weighted by molar-refractivity contribution is 7.00. The van der Waals surface area contributed by atoms with Crippen molar-refractivity contribution in [3.05, 3.63) is 300 Å². The van der Waals surface area contributed by atoms with Crippen LogP contribution in [0.15, 0.2) is 249 Å². The van der Waals surface area contributed by atoms with E-state index in [1.165, 1.54) is 0 Å². The minimum atomic E-state index is -3.13. The van der Waals surface area contributed by atoms with Gasteiger partial charge in [0, 0.05) is 6.54 Å². The molecule has 14 heteroatoms. The van der Waals surface area contributed by atoms with Crippen molar-refractivity contribution in [1.82, 2.24) is 19.5 Å². The third kappa shape index (κ3) is 12.1. The summed E-state index contributed by atoms with van der Waals surface area (Å²) in [4.78, 5) is 14.6. The van der Waals surface area contributed by atoms with Crippen molar-refractivity contribution in [2.24, 2.45) is 0 Å². The molecular formula is C76H74N5O8Si. The van der Waals surface area contributed by atoms with Gasteiger partial charge in [-0.1, -0.05) is 197 Å². The minimum Gasteiger partial charge on any atom is -0.534 e. The molecule has 0 amide bonds. The zero-order chi connectivity index (χ0) is 62.1. The molecule has 2 aromatic heterocycles. The fraction of sp³-hybridized carbons (Fsp3) is 0.211. The van der Waals surface area contributed by atoms with Crippen molar-refractivity contribution in [3.8, 4) is 28.7 Å². The topological polar surface area (TPSA) is 129 Å². The van der Waals surface area contributed by atoms with E-state index < -0.39 is 25.7 Å². The molecular weight excluding hydrogens is 1140 g/mol. The van der Waals surface area contributed by atoms with E-state index in [9.17, 15) is 0 Å². The van der Waals surface area contributed by atoms with Crippen molar-refractivity contribution in [1.29, 1.82) is 0 Å². The van der Waals surface area contributed by atoms with Gasteiger partial charge in [0.1, 0.15) is 52.5 Å². The van der Waals surface area contributed by atoms with Crippen molar-refractivity contribution in [2.45, 2.75) is 68.9 Å². The van der Waals surface area contributed by atoms with Crippen molar-refractivity contribution in [2.75, 3.05) is 40.4 Å². The first-order chi connectivity index (χ1) is 44.0. The third-order valence-corrected chi connectivity index (χ3v) is 22.0. The number of nitrogens with zero attached hydrogens (tertiary/aromatic N) is 4. The molecule has 9 aromatic carbocycles. The Morgan fingerprint density at radius 1 is 0.489 bits per heavy atom. The molecule has 2 atom stereocenters. The molecule has 1 N–H and O–H groups in total. The largest absolute Gasteiger partial charge is 0.534 e. The maximum atomic E-state index is 7.82. The number of hydrogen-bond acceptors (Lipinski definition) is 12. The molecule has 12 rings (SSSR count). The van der Waals surface area contributed by atoms with Crippen LogP contribution in [0.5, 0.6) is 28.7 Å². The molecule has 1 aliphatic rings. The number of benzene rings is 9. The Morgan fingerprint density at radius 2 is 0.922 bits per heavy atom. The first-order valence-corrected chi connectivity index (χ1v) is 32.2. The Morgan fingerprint density at radius 3 is 1.38 bits per heavy atom. The third-order valence-electron chi connectivity index (χ3n) is 17.0. The first kappa shape index (κ1) is 60.7. The summed E-state index contributed by atoms with van der Waals surface area (Å²) in [6.07, 6.45) is 5.35. The van der Waals surface area contributed by atoms with Crippen LogP contribution in [0.4, 0.5) is 5.82 Å². The van der Waals surface area contributed by atoms with Crippen LogP contribution in [-0.2, 0) is 38.6 Å². The van der Waals surface area contributed by atoms with Crippen LogP contribution in [0, 0.1) is 6.42 Å². The fourth-order valence-corrected chi connectivity index (χ4v) is 17.0. The van der Waals surface area contributed by atoms with E-state index in [1.807, 2.05) is 89.5 Å². The molecule has 3 heterocycles. The fourth-order valence-electron chi connectivity index (χ4n) is 12.6. The van der Waals surface area contributed by atoms with E-state index in [0.29, 0.717) is 29.9 Å². The molecule has 0 unspecified atom stereocenters. The molecule has 455 valence electrons.